The van der Waals surface area contributed by atoms with Crippen LogP contribution in [0.3, 0.4) is 0 Å². The Morgan fingerprint density at radius 3 is 2.25 bits per heavy atom. The van der Waals surface area contributed by atoms with Crippen molar-refractivity contribution in [3.05, 3.63) is 89.0 Å². The molecule has 0 aliphatic rings. The first-order valence-electron chi connectivity index (χ1n) is 12.2. The summed E-state index contributed by atoms with van der Waals surface area (Å²) in [7, 11) is 1.59. The number of anilines is 1. The maximum atomic E-state index is 12.9. The van der Waals surface area contributed by atoms with Gasteiger partial charge in [-0.2, -0.15) is 0 Å². The van der Waals surface area contributed by atoms with Crippen LogP contribution in [-0.4, -0.2) is 25.6 Å². The number of para-hydroxylation sites is 1. The summed E-state index contributed by atoms with van der Waals surface area (Å²) in [5.41, 5.74) is 3.31. The van der Waals surface area contributed by atoms with E-state index in [2.05, 4.69) is 32.2 Å². The molecule has 0 bridgehead atoms. The van der Waals surface area contributed by atoms with Gasteiger partial charge in [0.05, 0.1) is 19.3 Å². The lowest BCUT2D eigenvalue weighted by Gasteiger charge is -2.23. The van der Waals surface area contributed by atoms with Gasteiger partial charge >= 0.3 is 5.97 Å². The molecule has 0 fully saturated rings. The summed E-state index contributed by atoms with van der Waals surface area (Å²) in [5, 5.41) is 2.87. The summed E-state index contributed by atoms with van der Waals surface area (Å²) in [6.45, 7) is 9.12. The molecule has 1 N–H and O–H groups in total. The van der Waals surface area contributed by atoms with E-state index in [1.807, 2.05) is 25.1 Å². The molecule has 190 valence electrons. The van der Waals surface area contributed by atoms with Crippen LogP contribution < -0.4 is 14.8 Å². The monoisotopic (exact) mass is 489 g/mol. The summed E-state index contributed by atoms with van der Waals surface area (Å²) in [6.07, 6.45) is 1.79. The number of carbonyl (C=O) groups is 2. The second-order valence-corrected chi connectivity index (χ2v) is 9.58. The summed E-state index contributed by atoms with van der Waals surface area (Å²) in [5.74, 6) is 0.808. The molecule has 0 aliphatic carbocycles. The molecular weight excluding hydrogens is 454 g/mol. The van der Waals surface area contributed by atoms with E-state index in [1.54, 1.807) is 49.6 Å². The highest BCUT2D eigenvalue weighted by molar-refractivity contribution is 6.04. The van der Waals surface area contributed by atoms with Crippen molar-refractivity contribution in [2.75, 3.05) is 19.0 Å². The number of benzene rings is 3. The van der Waals surface area contributed by atoms with Crippen molar-refractivity contribution >= 4 is 17.6 Å². The summed E-state index contributed by atoms with van der Waals surface area (Å²) >= 11 is 0. The van der Waals surface area contributed by atoms with Gasteiger partial charge in [0.2, 0.25) is 0 Å². The van der Waals surface area contributed by atoms with Crippen molar-refractivity contribution in [1.29, 1.82) is 0 Å². The number of hydrogen-bond acceptors (Lipinski definition) is 5. The van der Waals surface area contributed by atoms with E-state index >= 15 is 0 Å². The summed E-state index contributed by atoms with van der Waals surface area (Å²) in [6, 6.07) is 19.9. The number of ether oxygens (including phenoxy) is 3. The second kappa shape index (κ2) is 12.2. The van der Waals surface area contributed by atoms with Crippen molar-refractivity contribution in [3.63, 3.8) is 0 Å². The zero-order valence-corrected chi connectivity index (χ0v) is 21.7. The zero-order chi connectivity index (χ0) is 26.1. The van der Waals surface area contributed by atoms with Gasteiger partial charge in [-0.3, -0.25) is 4.79 Å². The Morgan fingerprint density at radius 2 is 1.58 bits per heavy atom. The number of rotatable bonds is 10. The van der Waals surface area contributed by atoms with Crippen LogP contribution in [0.15, 0.2) is 66.7 Å². The molecule has 36 heavy (non-hydrogen) atoms. The van der Waals surface area contributed by atoms with Gasteiger partial charge in [-0.1, -0.05) is 52.3 Å². The largest absolute Gasteiger partial charge is 0.496 e. The highest BCUT2D eigenvalue weighted by Crippen LogP contribution is 2.32. The fourth-order valence-electron chi connectivity index (χ4n) is 3.69. The Labute approximate surface area is 213 Å². The van der Waals surface area contributed by atoms with Gasteiger partial charge in [0.1, 0.15) is 18.1 Å². The highest BCUT2D eigenvalue weighted by atomic mass is 16.5. The molecule has 0 aromatic heterocycles. The van der Waals surface area contributed by atoms with Crippen molar-refractivity contribution in [2.45, 2.75) is 52.6 Å². The van der Waals surface area contributed by atoms with Gasteiger partial charge in [-0.05, 0) is 65.9 Å². The molecule has 0 saturated heterocycles. The van der Waals surface area contributed by atoms with Gasteiger partial charge in [0.25, 0.3) is 5.91 Å². The van der Waals surface area contributed by atoms with Crippen LogP contribution in [0, 0.1) is 0 Å². The Morgan fingerprint density at radius 1 is 0.889 bits per heavy atom. The molecule has 0 aliphatic heterocycles. The van der Waals surface area contributed by atoms with E-state index < -0.39 is 0 Å². The predicted octanol–water partition coefficient (Wildman–Crippen LogP) is 6.78. The fraction of sp³-hybridized carbons (Fsp3) is 0.333. The number of amides is 1. The third-order valence-electron chi connectivity index (χ3n) is 5.73. The van der Waals surface area contributed by atoms with Crippen molar-refractivity contribution in [3.8, 4) is 11.5 Å². The molecule has 6 heteroatoms. The van der Waals surface area contributed by atoms with Gasteiger partial charge < -0.3 is 19.5 Å². The second-order valence-electron chi connectivity index (χ2n) is 9.58. The first-order chi connectivity index (χ1) is 17.2. The minimum Gasteiger partial charge on any atom is -0.496 e. The van der Waals surface area contributed by atoms with E-state index in [4.69, 9.17) is 14.2 Å². The van der Waals surface area contributed by atoms with Crippen LogP contribution in [0.2, 0.25) is 0 Å². The lowest BCUT2D eigenvalue weighted by Crippen LogP contribution is -2.14. The Bertz CT molecular complexity index is 1180. The smallest absolute Gasteiger partial charge is 0.338 e. The molecule has 0 saturated carbocycles. The van der Waals surface area contributed by atoms with Gasteiger partial charge in [0, 0.05) is 16.8 Å². The van der Waals surface area contributed by atoms with Crippen molar-refractivity contribution in [2.24, 2.45) is 0 Å². The SMILES string of the molecule is CCCCOC(=O)c1ccc(NC(=O)c2ccc(OC)c(COc3ccccc3C(C)(C)C)c2)cc1. The van der Waals surface area contributed by atoms with Crippen LogP contribution in [0.25, 0.3) is 0 Å². The first-order valence-corrected chi connectivity index (χ1v) is 12.2. The standard InChI is InChI=1S/C30H35NO5/c1-6-7-18-35-29(33)21-12-15-24(16-13-21)31-28(32)22-14-17-26(34-5)23(19-22)20-36-27-11-9-8-10-25(27)30(2,3)4/h8-17,19H,6-7,18,20H2,1-5H3,(H,31,32). The normalized spacial score (nSPS) is 11.0. The minimum atomic E-state index is -0.367. The fourth-order valence-corrected chi connectivity index (χ4v) is 3.69. The van der Waals surface area contributed by atoms with Gasteiger partial charge in [-0.15, -0.1) is 0 Å². The lowest BCUT2D eigenvalue weighted by atomic mass is 9.86. The maximum absolute atomic E-state index is 12.9. The van der Waals surface area contributed by atoms with E-state index in [-0.39, 0.29) is 23.9 Å². The molecule has 3 aromatic rings. The van der Waals surface area contributed by atoms with Gasteiger partial charge in [-0.25, -0.2) is 4.79 Å². The third-order valence-corrected chi connectivity index (χ3v) is 5.73. The molecule has 0 radical (unpaired) electrons. The van der Waals surface area contributed by atoms with E-state index in [0.29, 0.717) is 29.2 Å². The molecule has 3 rings (SSSR count). The number of nitrogens with one attached hydrogen (secondary N) is 1. The van der Waals surface area contributed by atoms with Crippen LogP contribution in [0.1, 0.15) is 72.4 Å². The topological polar surface area (TPSA) is 73.9 Å². The van der Waals surface area contributed by atoms with E-state index in [9.17, 15) is 9.59 Å². The zero-order valence-electron chi connectivity index (χ0n) is 21.7. The van der Waals surface area contributed by atoms with E-state index in [1.165, 1.54) is 0 Å². The lowest BCUT2D eigenvalue weighted by molar-refractivity contribution is 0.0499. The molecule has 6 nitrogen and oxygen atoms in total. The molecule has 0 spiro atoms. The highest BCUT2D eigenvalue weighted by Gasteiger charge is 2.19. The Balaban J connectivity index is 1.70. The Kier molecular flexibility index (Phi) is 9.12. The van der Waals surface area contributed by atoms with Crippen LogP contribution in [0.4, 0.5) is 5.69 Å². The van der Waals surface area contributed by atoms with E-state index in [0.717, 1.165) is 29.7 Å². The summed E-state index contributed by atoms with van der Waals surface area (Å²) < 4.78 is 16.9. The Hall–Kier alpha value is -3.80. The number of hydrogen-bond donors (Lipinski definition) is 1. The summed E-state index contributed by atoms with van der Waals surface area (Å²) in [4.78, 5) is 25.0. The number of methoxy groups -OCH3 is 1. The number of carbonyl (C=O) groups excluding carboxylic acids is 2. The third kappa shape index (κ3) is 7.11. The quantitative estimate of drug-likeness (QED) is 0.251. The van der Waals surface area contributed by atoms with Crippen LogP contribution >= 0.6 is 0 Å². The van der Waals surface area contributed by atoms with Gasteiger partial charge in [0.15, 0.2) is 0 Å². The van der Waals surface area contributed by atoms with Crippen LogP contribution in [0.5, 0.6) is 11.5 Å². The molecule has 0 heterocycles. The predicted molar refractivity (Wildman–Crippen MR) is 142 cm³/mol. The first kappa shape index (κ1) is 26.8. The molecule has 1 amide bonds. The molecule has 0 atom stereocenters. The average Bonchev–Trinajstić information content (AvgIpc) is 2.87. The number of esters is 1. The molecule has 3 aromatic carbocycles. The molecule has 0 unspecified atom stereocenters. The van der Waals surface area contributed by atoms with Crippen LogP contribution in [-0.2, 0) is 16.8 Å². The number of unbranched alkanes of at least 4 members (excludes halogenated alkanes) is 1. The van der Waals surface area contributed by atoms with Crippen molar-refractivity contribution < 1.29 is 23.8 Å². The molecular formula is C30H35NO5. The average molecular weight is 490 g/mol. The van der Waals surface area contributed by atoms with Crippen molar-refractivity contribution in [1.82, 2.24) is 0 Å². The minimum absolute atomic E-state index is 0.0653. The maximum Gasteiger partial charge on any atom is 0.338 e.